The first kappa shape index (κ1) is 16.3. The molecule has 0 spiro atoms. The number of hydrogen-bond donors (Lipinski definition) is 0. The Balaban J connectivity index is 1.93. The fraction of sp³-hybridized carbons (Fsp3) is 0.316. The summed E-state index contributed by atoms with van der Waals surface area (Å²) < 4.78 is 12.5. The van der Waals surface area contributed by atoms with Crippen molar-refractivity contribution in [3.05, 3.63) is 66.2 Å². The summed E-state index contributed by atoms with van der Waals surface area (Å²) in [6, 6.07) is 20.5. The predicted molar refractivity (Wildman–Crippen MR) is 90.8 cm³/mol. The minimum absolute atomic E-state index is 0.0597. The molecule has 0 unspecified atom stereocenters. The van der Waals surface area contributed by atoms with Crippen molar-refractivity contribution < 1.29 is 14.3 Å². The van der Waals surface area contributed by atoms with Gasteiger partial charge in [-0.3, -0.25) is 0 Å². The molecule has 0 amide bonds. The molecular formula is C19H20O3Se. The van der Waals surface area contributed by atoms with Crippen molar-refractivity contribution in [2.45, 2.75) is 23.9 Å². The Morgan fingerprint density at radius 2 is 1.65 bits per heavy atom. The maximum absolute atomic E-state index is 12.3. The zero-order valence-corrected chi connectivity index (χ0v) is 14.9. The van der Waals surface area contributed by atoms with Gasteiger partial charge in [0.2, 0.25) is 0 Å². The van der Waals surface area contributed by atoms with Crippen LogP contribution in [0.4, 0.5) is 0 Å². The van der Waals surface area contributed by atoms with E-state index < -0.39 is 0 Å². The first-order chi connectivity index (χ1) is 11.2. The van der Waals surface area contributed by atoms with Crippen LogP contribution < -0.4 is 4.46 Å². The summed E-state index contributed by atoms with van der Waals surface area (Å²) in [6.07, 6.45) is -0.196. The first-order valence-corrected chi connectivity index (χ1v) is 9.55. The van der Waals surface area contributed by atoms with Crippen LogP contribution in [0.15, 0.2) is 60.7 Å². The van der Waals surface area contributed by atoms with Crippen molar-refractivity contribution >= 4 is 25.4 Å². The Morgan fingerprint density at radius 1 is 1.04 bits per heavy atom. The summed E-state index contributed by atoms with van der Waals surface area (Å²) in [4.78, 5) is 12.4. The topological polar surface area (TPSA) is 35.5 Å². The number of carbonyl (C=O) groups excluding carboxylic acids is 1. The van der Waals surface area contributed by atoms with Gasteiger partial charge in [-0.25, -0.2) is 0 Å². The number of methoxy groups -OCH3 is 1. The van der Waals surface area contributed by atoms with Crippen LogP contribution in [0, 0.1) is 5.92 Å². The van der Waals surface area contributed by atoms with Gasteiger partial charge in [-0.15, -0.1) is 0 Å². The molecule has 3 rings (SSSR count). The molecule has 0 aliphatic carbocycles. The van der Waals surface area contributed by atoms with Crippen LogP contribution in [0.2, 0.25) is 4.82 Å². The van der Waals surface area contributed by atoms with Gasteiger partial charge < -0.3 is 0 Å². The van der Waals surface area contributed by atoms with Crippen LogP contribution in [-0.4, -0.2) is 34.1 Å². The van der Waals surface area contributed by atoms with Gasteiger partial charge in [-0.1, -0.05) is 0 Å². The molecule has 1 saturated heterocycles. The molecule has 2 aromatic carbocycles. The average Bonchev–Trinajstić information content (AvgIpc) is 2.92. The van der Waals surface area contributed by atoms with E-state index in [1.54, 1.807) is 0 Å². The zero-order valence-electron chi connectivity index (χ0n) is 13.2. The normalized spacial score (nSPS) is 26.9. The molecule has 4 atom stereocenters. The summed E-state index contributed by atoms with van der Waals surface area (Å²) in [7, 11) is 1.46. The molecule has 2 aromatic rings. The van der Waals surface area contributed by atoms with Gasteiger partial charge in [0.1, 0.15) is 0 Å². The molecule has 3 nitrogen and oxygen atoms in total. The maximum atomic E-state index is 12.3. The number of rotatable bonds is 4. The Morgan fingerprint density at radius 3 is 2.26 bits per heavy atom. The second kappa shape index (κ2) is 7.31. The van der Waals surface area contributed by atoms with E-state index in [-0.39, 0.29) is 43.9 Å². The summed E-state index contributed by atoms with van der Waals surface area (Å²) >= 11 is 0.130. The van der Waals surface area contributed by atoms with Crippen molar-refractivity contribution in [3.8, 4) is 0 Å². The van der Waals surface area contributed by atoms with Gasteiger partial charge in [0.25, 0.3) is 0 Å². The Kier molecular flexibility index (Phi) is 5.16. The van der Waals surface area contributed by atoms with Crippen LogP contribution in [0.5, 0.6) is 0 Å². The fourth-order valence-electron chi connectivity index (χ4n) is 3.01. The molecule has 1 fully saturated rings. The van der Waals surface area contributed by atoms with Crippen LogP contribution in [-0.2, 0) is 14.3 Å². The number of ether oxygens (including phenoxy) is 2. The summed E-state index contributed by atoms with van der Waals surface area (Å²) in [5.74, 6) is -0.385. The number of carbonyl (C=O) groups is 1. The average molecular weight is 375 g/mol. The molecular weight excluding hydrogens is 355 g/mol. The monoisotopic (exact) mass is 376 g/mol. The van der Waals surface area contributed by atoms with Gasteiger partial charge in [0.15, 0.2) is 0 Å². The molecule has 1 aliphatic heterocycles. The second-order valence-electron chi connectivity index (χ2n) is 5.62. The van der Waals surface area contributed by atoms with Gasteiger partial charge >= 0.3 is 143 Å². The molecule has 1 heterocycles. The molecule has 4 heteroatoms. The van der Waals surface area contributed by atoms with E-state index in [0.29, 0.717) is 0 Å². The van der Waals surface area contributed by atoms with Crippen LogP contribution in [0.3, 0.4) is 0 Å². The van der Waals surface area contributed by atoms with E-state index >= 15 is 0 Å². The first-order valence-electron chi connectivity index (χ1n) is 7.70. The van der Waals surface area contributed by atoms with Crippen molar-refractivity contribution in [3.63, 3.8) is 0 Å². The van der Waals surface area contributed by atoms with E-state index in [0.717, 1.165) is 5.56 Å². The van der Waals surface area contributed by atoms with Crippen LogP contribution >= 0.6 is 0 Å². The standard InChI is InChI=1S/C19H20O3Se/c1-13-16(19(20)21-2)18(23-15-11-7-4-8-12-15)17(22-13)14-9-5-3-6-10-14/h3-13,16-18H,1-2H3/t13-,16-,17+,18-/m0/s1. The Labute approximate surface area is 143 Å². The Hall–Kier alpha value is -1.61. The molecule has 0 N–H and O–H groups in total. The van der Waals surface area contributed by atoms with Crippen molar-refractivity contribution in [1.29, 1.82) is 0 Å². The molecule has 0 aromatic heterocycles. The van der Waals surface area contributed by atoms with E-state index in [1.165, 1.54) is 11.6 Å². The third-order valence-corrected chi connectivity index (χ3v) is 6.98. The molecule has 0 radical (unpaired) electrons. The number of benzene rings is 2. The third kappa shape index (κ3) is 3.50. The van der Waals surface area contributed by atoms with Crippen molar-refractivity contribution in [1.82, 2.24) is 0 Å². The number of hydrogen-bond acceptors (Lipinski definition) is 3. The fourth-order valence-corrected chi connectivity index (χ4v) is 6.06. The molecule has 0 bridgehead atoms. The number of esters is 1. The summed E-state index contributed by atoms with van der Waals surface area (Å²) in [5, 5.41) is 0. The van der Waals surface area contributed by atoms with Crippen LogP contribution in [0.1, 0.15) is 18.6 Å². The summed E-state index contributed by atoms with van der Waals surface area (Å²) in [6.45, 7) is 1.97. The van der Waals surface area contributed by atoms with Gasteiger partial charge in [-0.2, -0.15) is 0 Å². The van der Waals surface area contributed by atoms with E-state index in [2.05, 4.69) is 24.3 Å². The van der Waals surface area contributed by atoms with E-state index in [9.17, 15) is 4.79 Å². The quantitative estimate of drug-likeness (QED) is 0.609. The van der Waals surface area contributed by atoms with E-state index in [4.69, 9.17) is 9.47 Å². The Bertz CT molecular complexity index is 644. The van der Waals surface area contributed by atoms with E-state index in [1.807, 2.05) is 43.3 Å². The molecule has 120 valence electrons. The molecule has 0 saturated carbocycles. The second-order valence-corrected chi connectivity index (χ2v) is 8.24. The van der Waals surface area contributed by atoms with Crippen LogP contribution in [0.25, 0.3) is 0 Å². The van der Waals surface area contributed by atoms with Gasteiger partial charge in [0, 0.05) is 0 Å². The zero-order chi connectivity index (χ0) is 16.2. The minimum atomic E-state index is -0.217. The van der Waals surface area contributed by atoms with Gasteiger partial charge in [-0.05, 0) is 0 Å². The molecule has 1 aliphatic rings. The van der Waals surface area contributed by atoms with Crippen molar-refractivity contribution in [2.24, 2.45) is 5.92 Å². The SMILES string of the molecule is COC(=O)[C@@H]1[C@H]([Se]c2ccccc2)[C@@H](c2ccccc2)O[C@H]1C. The predicted octanol–water partition coefficient (Wildman–Crippen LogP) is 2.75. The van der Waals surface area contributed by atoms with Crippen molar-refractivity contribution in [2.75, 3.05) is 7.11 Å². The molecule has 23 heavy (non-hydrogen) atoms. The third-order valence-electron chi connectivity index (χ3n) is 4.14. The van der Waals surface area contributed by atoms with Gasteiger partial charge in [0.05, 0.1) is 0 Å². The summed E-state index contributed by atoms with van der Waals surface area (Å²) in [5.41, 5.74) is 1.13.